The summed E-state index contributed by atoms with van der Waals surface area (Å²) in [6.07, 6.45) is 8.48. The van der Waals surface area contributed by atoms with Crippen molar-refractivity contribution in [2.75, 3.05) is 0 Å². The molecule has 3 N–H and O–H groups in total. The van der Waals surface area contributed by atoms with Crippen molar-refractivity contribution >= 4 is 35.0 Å². The molecule has 0 aliphatic carbocycles. The lowest BCUT2D eigenvalue weighted by Gasteiger charge is -2.08. The Morgan fingerprint density at radius 1 is 0.848 bits per heavy atom. The Balaban J connectivity index is 1.51. The van der Waals surface area contributed by atoms with Gasteiger partial charge in [-0.25, -0.2) is 5.43 Å². The second-order valence-electron chi connectivity index (χ2n) is 7.16. The van der Waals surface area contributed by atoms with E-state index in [1.54, 1.807) is 42.6 Å². The van der Waals surface area contributed by atoms with Crippen molar-refractivity contribution in [2.45, 2.75) is 0 Å². The summed E-state index contributed by atoms with van der Waals surface area (Å²) < 4.78 is 0. The van der Waals surface area contributed by atoms with Gasteiger partial charge in [0.25, 0.3) is 11.8 Å². The topological polar surface area (TPSA) is 86.3 Å². The van der Waals surface area contributed by atoms with Crippen molar-refractivity contribution < 1.29 is 9.59 Å². The monoisotopic (exact) mass is 434 g/mol. The van der Waals surface area contributed by atoms with E-state index >= 15 is 0 Å². The number of nitrogens with one attached hydrogen (secondary N) is 3. The maximum Gasteiger partial charge on any atom is 0.287 e. The number of hydrazone groups is 1. The van der Waals surface area contributed by atoms with Crippen LogP contribution in [0.4, 0.5) is 0 Å². The zero-order chi connectivity index (χ0) is 22.9. The predicted octanol–water partition coefficient (Wildman–Crippen LogP) is 4.65. The Kier molecular flexibility index (Phi) is 6.88. The molecular formula is C27H22N4O2. The van der Waals surface area contributed by atoms with Gasteiger partial charge in [-0.1, -0.05) is 78.9 Å². The summed E-state index contributed by atoms with van der Waals surface area (Å²) in [5.41, 5.74) is 5.81. The first kappa shape index (κ1) is 21.5. The minimum atomic E-state index is -0.534. The lowest BCUT2D eigenvalue weighted by Crippen LogP contribution is -2.32. The Morgan fingerprint density at radius 3 is 2.33 bits per heavy atom. The molecule has 0 unspecified atom stereocenters. The van der Waals surface area contributed by atoms with E-state index in [-0.39, 0.29) is 11.6 Å². The van der Waals surface area contributed by atoms with Crippen molar-refractivity contribution in [2.24, 2.45) is 5.10 Å². The molecule has 4 rings (SSSR count). The average Bonchev–Trinajstić information content (AvgIpc) is 3.27. The van der Waals surface area contributed by atoms with E-state index in [1.165, 1.54) is 0 Å². The van der Waals surface area contributed by atoms with Gasteiger partial charge in [0.2, 0.25) is 0 Å². The van der Waals surface area contributed by atoms with Crippen LogP contribution >= 0.6 is 0 Å². The molecule has 0 aliphatic heterocycles. The molecule has 162 valence electrons. The number of nitrogens with zero attached hydrogens (tertiary/aromatic N) is 1. The van der Waals surface area contributed by atoms with Gasteiger partial charge in [-0.2, -0.15) is 5.10 Å². The maximum atomic E-state index is 12.8. The molecule has 0 bridgehead atoms. The highest BCUT2D eigenvalue weighted by Gasteiger charge is 2.13. The molecule has 0 atom stereocenters. The summed E-state index contributed by atoms with van der Waals surface area (Å²) in [5, 5.41) is 7.74. The van der Waals surface area contributed by atoms with E-state index in [4.69, 9.17) is 0 Å². The largest absolute Gasteiger partial charge is 0.361 e. The maximum absolute atomic E-state index is 12.8. The van der Waals surface area contributed by atoms with Gasteiger partial charge in [0, 0.05) is 28.2 Å². The van der Waals surface area contributed by atoms with E-state index in [0.29, 0.717) is 5.56 Å². The minimum Gasteiger partial charge on any atom is -0.361 e. The number of aromatic nitrogens is 1. The standard InChI is InChI=1S/C27H22N4O2/c32-26(21-13-5-2-6-14-21)30-25(17-9-12-20-10-3-1-4-11-20)27(33)31-29-19-22-18-28-24-16-8-7-15-23(22)24/h1-19,28H,(H,30,32)(H,31,33)/b12-9?,25-17?,29-19+. The molecule has 33 heavy (non-hydrogen) atoms. The van der Waals surface area contributed by atoms with Gasteiger partial charge in [0.05, 0.1) is 6.21 Å². The molecule has 3 aromatic carbocycles. The quantitative estimate of drug-likeness (QED) is 0.171. The highest BCUT2D eigenvalue weighted by Crippen LogP contribution is 2.15. The number of para-hydroxylation sites is 1. The number of rotatable bonds is 7. The number of H-pyrrole nitrogens is 1. The van der Waals surface area contributed by atoms with Crippen molar-refractivity contribution in [1.29, 1.82) is 0 Å². The number of amides is 2. The average molecular weight is 434 g/mol. The molecule has 1 heterocycles. The van der Waals surface area contributed by atoms with Gasteiger partial charge >= 0.3 is 0 Å². The zero-order valence-electron chi connectivity index (χ0n) is 17.7. The van der Waals surface area contributed by atoms with Crippen LogP contribution in [0.5, 0.6) is 0 Å². The molecule has 0 radical (unpaired) electrons. The molecule has 0 saturated heterocycles. The lowest BCUT2D eigenvalue weighted by atomic mass is 10.2. The van der Waals surface area contributed by atoms with Crippen LogP contribution < -0.4 is 10.7 Å². The van der Waals surface area contributed by atoms with Crippen LogP contribution in [0.1, 0.15) is 21.5 Å². The molecule has 1 aromatic heterocycles. The number of benzene rings is 3. The fourth-order valence-electron chi connectivity index (χ4n) is 3.20. The summed E-state index contributed by atoms with van der Waals surface area (Å²) in [6, 6.07) is 26.2. The second kappa shape index (κ2) is 10.5. The number of allylic oxidation sites excluding steroid dienone is 2. The Labute approximate surface area is 191 Å². The smallest absolute Gasteiger partial charge is 0.287 e. The number of carbonyl (C=O) groups is 2. The molecular weight excluding hydrogens is 412 g/mol. The van der Waals surface area contributed by atoms with Gasteiger partial charge < -0.3 is 10.3 Å². The number of hydrogen-bond donors (Lipinski definition) is 3. The normalized spacial score (nSPS) is 11.8. The van der Waals surface area contributed by atoms with Crippen LogP contribution in [0.2, 0.25) is 0 Å². The van der Waals surface area contributed by atoms with Crippen molar-refractivity contribution in [1.82, 2.24) is 15.7 Å². The number of fused-ring (bicyclic) bond motifs is 1. The number of carbonyl (C=O) groups excluding carboxylic acids is 2. The van der Waals surface area contributed by atoms with Crippen LogP contribution in [-0.4, -0.2) is 23.0 Å². The zero-order valence-corrected chi connectivity index (χ0v) is 17.7. The fourth-order valence-corrected chi connectivity index (χ4v) is 3.20. The van der Waals surface area contributed by atoms with E-state index < -0.39 is 5.91 Å². The molecule has 0 spiro atoms. The van der Waals surface area contributed by atoms with Gasteiger partial charge in [-0.3, -0.25) is 9.59 Å². The lowest BCUT2D eigenvalue weighted by molar-refractivity contribution is -0.117. The van der Waals surface area contributed by atoms with Gasteiger partial charge in [-0.15, -0.1) is 0 Å². The van der Waals surface area contributed by atoms with Crippen LogP contribution in [0.3, 0.4) is 0 Å². The van der Waals surface area contributed by atoms with Gasteiger partial charge in [-0.05, 0) is 29.8 Å². The Morgan fingerprint density at radius 2 is 1.55 bits per heavy atom. The first-order valence-electron chi connectivity index (χ1n) is 10.4. The van der Waals surface area contributed by atoms with Crippen LogP contribution in [0.25, 0.3) is 17.0 Å². The van der Waals surface area contributed by atoms with Gasteiger partial charge in [0.1, 0.15) is 5.70 Å². The third-order valence-corrected chi connectivity index (χ3v) is 4.87. The molecule has 6 nitrogen and oxygen atoms in total. The van der Waals surface area contributed by atoms with Crippen molar-refractivity contribution in [3.05, 3.63) is 126 Å². The molecule has 4 aromatic rings. The Bertz CT molecular complexity index is 1340. The summed E-state index contributed by atoms with van der Waals surface area (Å²) in [7, 11) is 0. The number of aromatic amines is 1. The third kappa shape index (κ3) is 5.71. The molecule has 2 amide bonds. The Hall–Kier alpha value is -4.71. The van der Waals surface area contributed by atoms with E-state index in [2.05, 4.69) is 20.8 Å². The predicted molar refractivity (Wildman–Crippen MR) is 132 cm³/mol. The molecule has 6 heteroatoms. The first-order valence-corrected chi connectivity index (χ1v) is 10.4. The summed E-state index contributed by atoms with van der Waals surface area (Å²) in [4.78, 5) is 28.6. The fraction of sp³-hybridized carbons (Fsp3) is 0. The summed E-state index contributed by atoms with van der Waals surface area (Å²) in [5.74, 6) is -0.918. The number of hydrogen-bond acceptors (Lipinski definition) is 3. The third-order valence-electron chi connectivity index (χ3n) is 4.87. The second-order valence-corrected chi connectivity index (χ2v) is 7.16. The van der Waals surface area contributed by atoms with E-state index in [0.717, 1.165) is 22.0 Å². The van der Waals surface area contributed by atoms with Crippen molar-refractivity contribution in [3.8, 4) is 0 Å². The van der Waals surface area contributed by atoms with Gasteiger partial charge in [0.15, 0.2) is 0 Å². The first-order chi connectivity index (χ1) is 16.2. The molecule has 0 aliphatic rings. The van der Waals surface area contributed by atoms with E-state index in [1.807, 2.05) is 72.9 Å². The molecule has 0 saturated carbocycles. The van der Waals surface area contributed by atoms with Crippen LogP contribution in [-0.2, 0) is 4.79 Å². The summed E-state index contributed by atoms with van der Waals surface area (Å²) in [6.45, 7) is 0. The van der Waals surface area contributed by atoms with Crippen LogP contribution in [0, 0.1) is 0 Å². The highest BCUT2D eigenvalue weighted by atomic mass is 16.2. The SMILES string of the molecule is O=C(N/N=C/c1c[nH]c2ccccc12)C(=CC=Cc1ccccc1)NC(=O)c1ccccc1. The van der Waals surface area contributed by atoms with Crippen LogP contribution in [0.15, 0.2) is 114 Å². The van der Waals surface area contributed by atoms with E-state index in [9.17, 15) is 9.59 Å². The summed E-state index contributed by atoms with van der Waals surface area (Å²) >= 11 is 0. The highest BCUT2D eigenvalue weighted by molar-refractivity contribution is 6.04. The van der Waals surface area contributed by atoms with Crippen molar-refractivity contribution in [3.63, 3.8) is 0 Å². The molecule has 0 fully saturated rings. The minimum absolute atomic E-state index is 0.0760.